The molecule has 1 aliphatic heterocycles. The molecule has 0 bridgehead atoms. The molecule has 1 saturated carbocycles. The zero-order valence-corrected chi connectivity index (χ0v) is 14.0. The fourth-order valence-electron chi connectivity index (χ4n) is 3.58. The van der Waals surface area contributed by atoms with Crippen molar-refractivity contribution < 1.29 is 23.1 Å². The predicted molar refractivity (Wildman–Crippen MR) is 83.5 cm³/mol. The highest BCUT2D eigenvalue weighted by atomic mass is 32.2. The summed E-state index contributed by atoms with van der Waals surface area (Å²) in [5, 5.41) is 11.2. The van der Waals surface area contributed by atoms with Gasteiger partial charge < -0.3 is 10.0 Å². The molecular formula is C14H18N2O5S2. The number of amides is 1. The van der Waals surface area contributed by atoms with Crippen LogP contribution >= 0.6 is 11.3 Å². The summed E-state index contributed by atoms with van der Waals surface area (Å²) in [6.45, 7) is 0.223. The van der Waals surface area contributed by atoms with Crippen molar-refractivity contribution in [2.24, 2.45) is 11.3 Å². The van der Waals surface area contributed by atoms with E-state index in [4.69, 9.17) is 0 Å². The van der Waals surface area contributed by atoms with Crippen LogP contribution < -0.4 is 4.72 Å². The number of likely N-dealkylation sites (tertiary alicyclic amines) is 1. The first-order valence-corrected chi connectivity index (χ1v) is 9.76. The van der Waals surface area contributed by atoms with E-state index in [0.717, 1.165) is 24.2 Å². The molecule has 0 unspecified atom stereocenters. The third-order valence-corrected chi connectivity index (χ3v) is 7.62. The Balaban J connectivity index is 1.63. The minimum Gasteiger partial charge on any atom is -0.481 e. The fraction of sp³-hybridized carbons (Fsp3) is 0.571. The molecule has 1 saturated heterocycles. The largest absolute Gasteiger partial charge is 0.481 e. The van der Waals surface area contributed by atoms with Gasteiger partial charge in [0, 0.05) is 13.1 Å². The van der Waals surface area contributed by atoms with Crippen LogP contribution in [0.1, 0.15) is 19.3 Å². The van der Waals surface area contributed by atoms with Crippen molar-refractivity contribution in [3.8, 4) is 0 Å². The number of sulfonamides is 1. The number of rotatable bonds is 5. The van der Waals surface area contributed by atoms with Crippen LogP contribution in [0.25, 0.3) is 0 Å². The zero-order chi connectivity index (χ0) is 16.7. The van der Waals surface area contributed by atoms with Crippen LogP contribution in [0.5, 0.6) is 0 Å². The number of nitrogens with zero attached hydrogens (tertiary/aromatic N) is 1. The van der Waals surface area contributed by atoms with Gasteiger partial charge >= 0.3 is 5.97 Å². The molecule has 2 aliphatic rings. The maximum absolute atomic E-state index is 12.3. The molecule has 23 heavy (non-hydrogen) atoms. The Kier molecular flexibility index (Phi) is 4.19. The van der Waals surface area contributed by atoms with E-state index in [1.54, 1.807) is 11.4 Å². The van der Waals surface area contributed by atoms with Crippen molar-refractivity contribution in [1.82, 2.24) is 9.62 Å². The third kappa shape index (κ3) is 2.88. The molecule has 2 atom stereocenters. The van der Waals surface area contributed by atoms with Gasteiger partial charge in [0.1, 0.15) is 4.21 Å². The SMILES string of the molecule is O=C(CNS(=O)(=O)c1cccs1)N1C[C@@H]2CCC[C@@]2(C(=O)O)C1. The van der Waals surface area contributed by atoms with E-state index < -0.39 is 21.4 Å². The molecule has 2 fully saturated rings. The number of thiophene rings is 1. The third-order valence-electron chi connectivity index (χ3n) is 4.82. The highest BCUT2D eigenvalue weighted by Crippen LogP contribution is 2.48. The fourth-order valence-corrected chi connectivity index (χ4v) is 5.60. The van der Waals surface area contributed by atoms with Crippen molar-refractivity contribution in [3.63, 3.8) is 0 Å². The maximum atomic E-state index is 12.3. The number of carbonyl (C=O) groups excluding carboxylic acids is 1. The topological polar surface area (TPSA) is 104 Å². The molecule has 0 radical (unpaired) electrons. The van der Waals surface area contributed by atoms with E-state index >= 15 is 0 Å². The molecule has 1 aromatic rings. The molecule has 9 heteroatoms. The van der Waals surface area contributed by atoms with Crippen LogP contribution in [0.4, 0.5) is 0 Å². The van der Waals surface area contributed by atoms with Crippen LogP contribution in [0, 0.1) is 11.3 Å². The highest BCUT2D eigenvalue weighted by Gasteiger charge is 2.55. The van der Waals surface area contributed by atoms with Crippen molar-refractivity contribution in [2.45, 2.75) is 23.5 Å². The van der Waals surface area contributed by atoms with Crippen LogP contribution in [-0.4, -0.2) is 49.9 Å². The second-order valence-electron chi connectivity index (χ2n) is 6.08. The molecule has 1 aromatic heterocycles. The maximum Gasteiger partial charge on any atom is 0.311 e. The van der Waals surface area contributed by atoms with Gasteiger partial charge in [-0.15, -0.1) is 11.3 Å². The van der Waals surface area contributed by atoms with Gasteiger partial charge in [-0.3, -0.25) is 9.59 Å². The summed E-state index contributed by atoms with van der Waals surface area (Å²) in [6.07, 6.45) is 2.25. The first-order valence-electron chi connectivity index (χ1n) is 7.39. The number of carboxylic acids is 1. The van der Waals surface area contributed by atoms with E-state index in [-0.39, 0.29) is 29.1 Å². The molecule has 1 amide bonds. The van der Waals surface area contributed by atoms with E-state index in [1.807, 2.05) is 0 Å². The molecule has 126 valence electrons. The summed E-state index contributed by atoms with van der Waals surface area (Å²) in [5.41, 5.74) is -0.845. The lowest BCUT2D eigenvalue weighted by atomic mass is 9.81. The minimum atomic E-state index is -3.69. The summed E-state index contributed by atoms with van der Waals surface area (Å²) < 4.78 is 26.5. The average Bonchev–Trinajstić information content (AvgIpc) is 3.18. The monoisotopic (exact) mass is 358 g/mol. The summed E-state index contributed by atoms with van der Waals surface area (Å²) >= 11 is 1.08. The quantitative estimate of drug-likeness (QED) is 0.808. The van der Waals surface area contributed by atoms with Crippen molar-refractivity contribution in [3.05, 3.63) is 17.5 Å². The highest BCUT2D eigenvalue weighted by molar-refractivity contribution is 7.91. The lowest BCUT2D eigenvalue weighted by Gasteiger charge is -2.23. The standard InChI is InChI=1S/C14H18N2O5S2/c17-11(7-15-23(20,21)12-4-2-6-22-12)16-8-10-3-1-5-14(10,9-16)13(18)19/h2,4,6,10,15H,1,3,5,7-9H2,(H,18,19)/t10-,14+/m0/s1. The number of aliphatic carboxylic acids is 1. The lowest BCUT2D eigenvalue weighted by molar-refractivity contribution is -0.149. The number of nitrogens with one attached hydrogen (secondary N) is 1. The van der Waals surface area contributed by atoms with Gasteiger partial charge in [-0.05, 0) is 30.2 Å². The van der Waals surface area contributed by atoms with Gasteiger partial charge in [-0.2, -0.15) is 0 Å². The predicted octanol–water partition coefficient (Wildman–Crippen LogP) is 0.740. The van der Waals surface area contributed by atoms with Gasteiger partial charge in [-0.25, -0.2) is 13.1 Å². The van der Waals surface area contributed by atoms with E-state index in [1.165, 1.54) is 11.0 Å². The Hall–Kier alpha value is -1.45. The average molecular weight is 358 g/mol. The Bertz CT molecular complexity index is 716. The van der Waals surface area contributed by atoms with Crippen LogP contribution in [0.2, 0.25) is 0 Å². The normalized spacial score (nSPS) is 27.1. The first kappa shape index (κ1) is 16.4. The Morgan fingerprint density at radius 2 is 2.26 bits per heavy atom. The molecule has 0 spiro atoms. The lowest BCUT2D eigenvalue weighted by Crippen LogP contribution is -2.41. The Labute approximate surface area is 138 Å². The number of carboxylic acid groups (broad SMARTS) is 1. The number of fused-ring (bicyclic) bond motifs is 1. The number of hydrogen-bond acceptors (Lipinski definition) is 5. The molecule has 7 nitrogen and oxygen atoms in total. The van der Waals surface area contributed by atoms with Gasteiger partial charge in [-0.1, -0.05) is 12.5 Å². The summed E-state index contributed by atoms with van der Waals surface area (Å²) in [5.74, 6) is -1.26. The van der Waals surface area contributed by atoms with Crippen LogP contribution in [-0.2, 0) is 19.6 Å². The molecule has 0 aromatic carbocycles. The van der Waals surface area contributed by atoms with Gasteiger partial charge in [0.15, 0.2) is 0 Å². The Morgan fingerprint density at radius 3 is 2.87 bits per heavy atom. The summed E-state index contributed by atoms with van der Waals surface area (Å²) in [6, 6.07) is 3.09. The van der Waals surface area contributed by atoms with E-state index in [9.17, 15) is 23.1 Å². The summed E-state index contributed by atoms with van der Waals surface area (Å²) in [4.78, 5) is 25.3. The number of hydrogen-bond donors (Lipinski definition) is 2. The Morgan fingerprint density at radius 1 is 1.48 bits per heavy atom. The van der Waals surface area contributed by atoms with Gasteiger partial charge in [0.25, 0.3) is 10.0 Å². The molecule has 3 rings (SSSR count). The molecule has 1 aliphatic carbocycles. The molecule has 2 N–H and O–H groups in total. The minimum absolute atomic E-state index is 0.0298. The van der Waals surface area contributed by atoms with Gasteiger partial charge in [0.05, 0.1) is 12.0 Å². The van der Waals surface area contributed by atoms with Crippen LogP contribution in [0.3, 0.4) is 0 Å². The first-order chi connectivity index (χ1) is 10.8. The zero-order valence-electron chi connectivity index (χ0n) is 12.4. The van der Waals surface area contributed by atoms with Crippen molar-refractivity contribution in [1.29, 1.82) is 0 Å². The second-order valence-corrected chi connectivity index (χ2v) is 9.02. The number of carbonyl (C=O) groups is 2. The molecular weight excluding hydrogens is 340 g/mol. The van der Waals surface area contributed by atoms with Crippen LogP contribution in [0.15, 0.2) is 21.7 Å². The smallest absolute Gasteiger partial charge is 0.311 e. The summed E-state index contributed by atoms with van der Waals surface area (Å²) in [7, 11) is -3.69. The van der Waals surface area contributed by atoms with Crippen molar-refractivity contribution in [2.75, 3.05) is 19.6 Å². The molecule has 2 heterocycles. The van der Waals surface area contributed by atoms with Crippen molar-refractivity contribution >= 4 is 33.2 Å². The second kappa shape index (κ2) is 5.88. The van der Waals surface area contributed by atoms with E-state index in [2.05, 4.69) is 4.72 Å². The van der Waals surface area contributed by atoms with Gasteiger partial charge in [0.2, 0.25) is 5.91 Å². The van der Waals surface area contributed by atoms with E-state index in [0.29, 0.717) is 13.0 Å².